The van der Waals surface area contributed by atoms with Gasteiger partial charge in [0.15, 0.2) is 0 Å². The van der Waals surface area contributed by atoms with Gasteiger partial charge in [0.25, 0.3) is 0 Å². The van der Waals surface area contributed by atoms with E-state index in [4.69, 9.17) is 38.4 Å². The second-order valence-corrected chi connectivity index (χ2v) is 9.52. The summed E-state index contributed by atoms with van der Waals surface area (Å²) in [5.74, 6) is -0.466. The van der Waals surface area contributed by atoms with E-state index in [2.05, 4.69) is 9.80 Å². The molecule has 1 atom stereocenters. The van der Waals surface area contributed by atoms with Gasteiger partial charge in [0, 0.05) is 24.6 Å². The van der Waals surface area contributed by atoms with E-state index in [0.29, 0.717) is 40.4 Å². The molecule has 1 aliphatic rings. The number of hydrogen-bond acceptors (Lipinski definition) is 7. The fourth-order valence-electron chi connectivity index (χ4n) is 3.73. The minimum Gasteiger partial charge on any atom is -0.462 e. The Hall–Kier alpha value is -1.51. The molecule has 0 bridgehead atoms. The zero-order valence-electron chi connectivity index (χ0n) is 18.1. The number of benzene rings is 1. The van der Waals surface area contributed by atoms with Gasteiger partial charge in [-0.15, -0.1) is 11.3 Å². The molecule has 0 radical (unpaired) electrons. The number of thiophene rings is 1. The highest BCUT2D eigenvalue weighted by Crippen LogP contribution is 2.46. The summed E-state index contributed by atoms with van der Waals surface area (Å²) in [6.07, 6.45) is 0.765. The lowest BCUT2D eigenvalue weighted by atomic mass is 9.87. The summed E-state index contributed by atoms with van der Waals surface area (Å²) in [4.78, 5) is 17.8. The number of hydrogen-bond donors (Lipinski definition) is 1. The molecule has 9 heteroatoms. The lowest BCUT2D eigenvalue weighted by molar-refractivity contribution is 0.0530. The largest absolute Gasteiger partial charge is 0.462 e. The van der Waals surface area contributed by atoms with Gasteiger partial charge in [-0.05, 0) is 51.7 Å². The molecule has 170 valence electrons. The van der Waals surface area contributed by atoms with Gasteiger partial charge in [0.05, 0.1) is 35.6 Å². The van der Waals surface area contributed by atoms with Crippen LogP contribution in [0.5, 0.6) is 0 Å². The molecule has 1 aromatic carbocycles. The molecule has 0 saturated carbocycles. The van der Waals surface area contributed by atoms with Crippen LogP contribution in [0.3, 0.4) is 0 Å². The number of halogens is 2. The average Bonchev–Trinajstić information content (AvgIpc) is 3.08. The summed E-state index contributed by atoms with van der Waals surface area (Å²) in [5, 5.41) is 1.87. The molecule has 1 unspecified atom stereocenters. The second-order valence-electron chi connectivity index (χ2n) is 7.70. The zero-order valence-corrected chi connectivity index (χ0v) is 20.4. The van der Waals surface area contributed by atoms with Crippen LogP contribution < -0.4 is 10.6 Å². The molecule has 1 aromatic heterocycles. The van der Waals surface area contributed by atoms with Crippen LogP contribution in [0.15, 0.2) is 18.2 Å². The van der Waals surface area contributed by atoms with Crippen molar-refractivity contribution in [2.45, 2.75) is 19.3 Å². The van der Waals surface area contributed by atoms with Crippen molar-refractivity contribution < 1.29 is 14.3 Å². The highest BCUT2D eigenvalue weighted by molar-refractivity contribution is 7.18. The smallest absolute Gasteiger partial charge is 0.348 e. The molecule has 0 spiro atoms. The maximum atomic E-state index is 12.9. The van der Waals surface area contributed by atoms with Gasteiger partial charge in [-0.25, -0.2) is 4.79 Å². The van der Waals surface area contributed by atoms with Crippen molar-refractivity contribution in [2.75, 3.05) is 64.2 Å². The third-order valence-electron chi connectivity index (χ3n) is 5.28. The number of anilines is 2. The number of carbonyl (C=O) groups is 1. The van der Waals surface area contributed by atoms with Crippen LogP contribution >= 0.6 is 34.5 Å². The van der Waals surface area contributed by atoms with Crippen LogP contribution in [0.1, 0.15) is 40.1 Å². The number of nitrogen functional groups attached to an aromatic ring is 1. The van der Waals surface area contributed by atoms with Crippen molar-refractivity contribution in [2.24, 2.45) is 0 Å². The lowest BCUT2D eigenvalue weighted by Gasteiger charge is -2.28. The first-order valence-electron chi connectivity index (χ1n) is 10.3. The van der Waals surface area contributed by atoms with Crippen molar-refractivity contribution in [3.63, 3.8) is 0 Å². The van der Waals surface area contributed by atoms with Crippen molar-refractivity contribution in [3.05, 3.63) is 44.2 Å². The van der Waals surface area contributed by atoms with E-state index in [9.17, 15) is 4.79 Å². The molecule has 0 amide bonds. The van der Waals surface area contributed by atoms with Gasteiger partial charge in [-0.2, -0.15) is 0 Å². The van der Waals surface area contributed by atoms with Crippen molar-refractivity contribution >= 4 is 51.2 Å². The summed E-state index contributed by atoms with van der Waals surface area (Å²) < 4.78 is 10.9. The fourth-order valence-corrected chi connectivity index (χ4v) is 5.27. The maximum Gasteiger partial charge on any atom is 0.348 e. The highest BCUT2D eigenvalue weighted by atomic mass is 35.5. The second kappa shape index (κ2) is 10.9. The first-order chi connectivity index (χ1) is 14.8. The first-order valence-corrected chi connectivity index (χ1v) is 11.9. The Morgan fingerprint density at radius 1 is 1.29 bits per heavy atom. The van der Waals surface area contributed by atoms with E-state index in [1.54, 1.807) is 13.0 Å². The summed E-state index contributed by atoms with van der Waals surface area (Å²) >= 11 is 13.9. The monoisotopic (exact) mass is 485 g/mol. The number of esters is 1. The van der Waals surface area contributed by atoms with Gasteiger partial charge >= 0.3 is 5.97 Å². The van der Waals surface area contributed by atoms with Crippen LogP contribution in [0.2, 0.25) is 10.0 Å². The predicted octanol–water partition coefficient (Wildman–Crippen LogP) is 4.73. The molecular formula is C22H29Cl2N3O3S. The van der Waals surface area contributed by atoms with Gasteiger partial charge < -0.3 is 25.0 Å². The Labute approximate surface area is 197 Å². The number of ether oxygens (including phenoxy) is 2. The molecule has 0 aliphatic carbocycles. The van der Waals surface area contributed by atoms with Crippen molar-refractivity contribution in [1.29, 1.82) is 0 Å². The topological polar surface area (TPSA) is 68.0 Å². The number of nitrogens with two attached hydrogens (primary N) is 1. The van der Waals surface area contributed by atoms with Crippen LogP contribution in [-0.4, -0.2) is 64.4 Å². The number of nitrogens with zero attached hydrogens (tertiary/aromatic N) is 2. The van der Waals surface area contributed by atoms with Crippen LogP contribution in [0.25, 0.3) is 0 Å². The predicted molar refractivity (Wildman–Crippen MR) is 129 cm³/mol. The summed E-state index contributed by atoms with van der Waals surface area (Å²) in [7, 11) is 4.04. The average molecular weight is 486 g/mol. The van der Waals surface area contributed by atoms with Gasteiger partial charge in [-0.3, -0.25) is 0 Å². The highest BCUT2D eigenvalue weighted by Gasteiger charge is 2.31. The Morgan fingerprint density at radius 2 is 2.00 bits per heavy atom. The summed E-state index contributed by atoms with van der Waals surface area (Å²) in [6, 6.07) is 5.61. The minimum atomic E-state index is -0.344. The van der Waals surface area contributed by atoms with E-state index in [1.165, 1.54) is 11.3 Å². The van der Waals surface area contributed by atoms with E-state index >= 15 is 0 Å². The Bertz CT molecular complexity index is 914. The summed E-state index contributed by atoms with van der Waals surface area (Å²) in [6.45, 7) is 5.67. The quantitative estimate of drug-likeness (QED) is 0.544. The molecule has 1 saturated heterocycles. The molecule has 6 nitrogen and oxygen atoms in total. The fraction of sp³-hybridized carbons (Fsp3) is 0.500. The third-order valence-corrected chi connectivity index (χ3v) is 7.28. The van der Waals surface area contributed by atoms with Crippen molar-refractivity contribution in [1.82, 2.24) is 4.90 Å². The van der Waals surface area contributed by atoms with Crippen LogP contribution in [0.4, 0.5) is 10.7 Å². The van der Waals surface area contributed by atoms with E-state index in [-0.39, 0.29) is 11.9 Å². The molecular weight excluding hydrogens is 457 g/mol. The normalized spacial score (nSPS) is 15.4. The van der Waals surface area contributed by atoms with Gasteiger partial charge in [0.1, 0.15) is 9.88 Å². The van der Waals surface area contributed by atoms with E-state index in [1.807, 2.05) is 26.2 Å². The lowest BCUT2D eigenvalue weighted by Crippen LogP contribution is -2.36. The van der Waals surface area contributed by atoms with Crippen LogP contribution in [0, 0.1) is 0 Å². The third kappa shape index (κ3) is 5.65. The van der Waals surface area contributed by atoms with Gasteiger partial charge in [-0.1, -0.05) is 29.3 Å². The van der Waals surface area contributed by atoms with E-state index < -0.39 is 0 Å². The number of rotatable bonds is 8. The molecule has 1 fully saturated rings. The first kappa shape index (κ1) is 24.1. The Kier molecular flexibility index (Phi) is 8.47. The van der Waals surface area contributed by atoms with E-state index in [0.717, 1.165) is 42.2 Å². The Balaban J connectivity index is 2.13. The molecule has 3 rings (SSSR count). The zero-order chi connectivity index (χ0) is 22.5. The SMILES string of the molecule is CCOC(=O)c1sc(N2CCOCC2)c(N)c1C(CCN(C)C)c1ccc(Cl)c(Cl)c1. The summed E-state index contributed by atoms with van der Waals surface area (Å²) in [5.41, 5.74) is 9.14. The Morgan fingerprint density at radius 3 is 2.61 bits per heavy atom. The van der Waals surface area contributed by atoms with Crippen LogP contribution in [-0.2, 0) is 9.47 Å². The molecule has 2 N–H and O–H groups in total. The standard InChI is InChI=1S/C22H29Cl2N3O3S/c1-4-30-22(28)20-18(19(25)21(31-20)27-9-11-29-12-10-27)15(7-8-26(2)3)14-5-6-16(23)17(24)13-14/h5-6,13,15H,4,7-12,25H2,1-3H3. The molecule has 31 heavy (non-hydrogen) atoms. The molecule has 2 aromatic rings. The minimum absolute atomic E-state index is 0.123. The number of morpholine rings is 1. The van der Waals surface area contributed by atoms with Crippen molar-refractivity contribution in [3.8, 4) is 0 Å². The van der Waals surface area contributed by atoms with Gasteiger partial charge in [0.2, 0.25) is 0 Å². The maximum absolute atomic E-state index is 12.9. The molecule has 1 aliphatic heterocycles. The molecule has 2 heterocycles. The number of carbonyl (C=O) groups excluding carboxylic acids is 1.